The number of benzene rings is 1. The number of pyridine rings is 1. The van der Waals surface area contributed by atoms with E-state index >= 15 is 0 Å². The average molecular weight is 484 g/mol. The number of aryl methyl sites for hydroxylation is 1. The largest absolute Gasteiger partial charge is 0.477 e. The second-order valence-corrected chi connectivity index (χ2v) is 8.27. The van der Waals surface area contributed by atoms with Gasteiger partial charge in [0.25, 0.3) is 5.91 Å². The zero-order valence-corrected chi connectivity index (χ0v) is 20.2. The lowest BCUT2D eigenvalue weighted by Gasteiger charge is -2.28. The van der Waals surface area contributed by atoms with Crippen LogP contribution < -0.4 is 10.5 Å². The van der Waals surface area contributed by atoms with Crippen molar-refractivity contribution in [3.63, 3.8) is 0 Å². The number of aromatic nitrogens is 7. The molecule has 4 heterocycles. The summed E-state index contributed by atoms with van der Waals surface area (Å²) in [5.74, 6) is 1.14. The third-order valence-electron chi connectivity index (χ3n) is 5.96. The van der Waals surface area contributed by atoms with Gasteiger partial charge < -0.3 is 15.4 Å². The molecule has 11 nitrogen and oxygen atoms in total. The Morgan fingerprint density at radius 2 is 1.94 bits per heavy atom. The van der Waals surface area contributed by atoms with Gasteiger partial charge in [0.05, 0.1) is 36.6 Å². The fourth-order valence-corrected chi connectivity index (χ4v) is 4.15. The second kappa shape index (κ2) is 9.53. The molecule has 0 aliphatic carbocycles. The van der Waals surface area contributed by atoms with Crippen molar-refractivity contribution in [2.24, 2.45) is 7.05 Å². The molecule has 5 rings (SSSR count). The zero-order valence-electron chi connectivity index (χ0n) is 20.2. The highest BCUT2D eigenvalue weighted by Crippen LogP contribution is 2.29. The maximum atomic E-state index is 13.9. The summed E-state index contributed by atoms with van der Waals surface area (Å²) in [6.07, 6.45) is 5.05. The Labute approximate surface area is 207 Å². The number of hydrogen-bond donors (Lipinski definition) is 1. The molecule has 1 amide bonds. The van der Waals surface area contributed by atoms with E-state index in [9.17, 15) is 4.79 Å². The van der Waals surface area contributed by atoms with Crippen molar-refractivity contribution < 1.29 is 9.53 Å². The summed E-state index contributed by atoms with van der Waals surface area (Å²) in [5, 5.41) is 14.3. The number of anilines is 1. The minimum atomic E-state index is -0.425. The summed E-state index contributed by atoms with van der Waals surface area (Å²) in [6.45, 7) is 4.47. The van der Waals surface area contributed by atoms with Crippen LogP contribution >= 0.6 is 0 Å². The number of nitrogens with zero attached hydrogens (tertiary/aromatic N) is 8. The van der Waals surface area contributed by atoms with Gasteiger partial charge in [-0.3, -0.25) is 9.48 Å². The lowest BCUT2D eigenvalue weighted by atomic mass is 10.1. The lowest BCUT2D eigenvalue weighted by Crippen LogP contribution is -2.34. The van der Waals surface area contributed by atoms with Crippen molar-refractivity contribution in [2.45, 2.75) is 26.4 Å². The van der Waals surface area contributed by atoms with Gasteiger partial charge in [-0.2, -0.15) is 10.2 Å². The van der Waals surface area contributed by atoms with Crippen molar-refractivity contribution >= 4 is 33.5 Å². The molecule has 1 atom stereocenters. The summed E-state index contributed by atoms with van der Waals surface area (Å²) < 4.78 is 7.07. The monoisotopic (exact) mass is 483 g/mol. The highest BCUT2D eigenvalue weighted by atomic mass is 16.5. The van der Waals surface area contributed by atoms with E-state index in [1.54, 1.807) is 58.5 Å². The first kappa shape index (κ1) is 23.1. The minimum absolute atomic E-state index is 0.206. The van der Waals surface area contributed by atoms with Crippen molar-refractivity contribution in [3.05, 3.63) is 72.1 Å². The Morgan fingerprint density at radius 3 is 2.67 bits per heavy atom. The van der Waals surface area contributed by atoms with E-state index in [4.69, 9.17) is 10.5 Å². The van der Waals surface area contributed by atoms with E-state index < -0.39 is 6.04 Å². The van der Waals surface area contributed by atoms with Crippen LogP contribution in [-0.4, -0.2) is 52.3 Å². The molecule has 0 saturated carbocycles. The predicted octanol–water partition coefficient (Wildman–Crippen LogP) is 3.09. The van der Waals surface area contributed by atoms with Crippen LogP contribution in [0, 0.1) is 0 Å². The van der Waals surface area contributed by atoms with Crippen LogP contribution in [0.25, 0.3) is 21.8 Å². The summed E-state index contributed by atoms with van der Waals surface area (Å²) in [7, 11) is 1.81. The van der Waals surface area contributed by atoms with Crippen LogP contribution in [-0.2, 0) is 13.6 Å². The van der Waals surface area contributed by atoms with Crippen LogP contribution in [0.5, 0.6) is 5.88 Å². The van der Waals surface area contributed by atoms with E-state index in [0.29, 0.717) is 40.9 Å². The van der Waals surface area contributed by atoms with Crippen LogP contribution in [0.3, 0.4) is 0 Å². The number of nitrogen functional groups attached to an aromatic ring is 1. The third-order valence-corrected chi connectivity index (χ3v) is 5.96. The Bertz CT molecular complexity index is 1530. The lowest BCUT2D eigenvalue weighted by molar-refractivity contribution is 0.0663. The third kappa shape index (κ3) is 4.26. The molecule has 1 unspecified atom stereocenters. The maximum Gasteiger partial charge on any atom is 0.254 e. The van der Waals surface area contributed by atoms with Gasteiger partial charge in [-0.15, -0.1) is 5.10 Å². The fourth-order valence-electron chi connectivity index (χ4n) is 4.15. The molecule has 1 aromatic carbocycles. The molecule has 2 N–H and O–H groups in total. The Morgan fingerprint density at radius 1 is 1.14 bits per heavy atom. The molecule has 5 aromatic rings. The SMILES string of the molecule is CCOc1ccc(CN(C(=O)c2ccc3nc(N)c4c(cnn4C)c3c2)C(C)c2ncccn2)nn1. The number of ether oxygens (including phenoxy) is 1. The van der Waals surface area contributed by atoms with E-state index in [1.165, 1.54) is 0 Å². The average Bonchev–Trinajstić information content (AvgIpc) is 3.30. The maximum absolute atomic E-state index is 13.9. The Balaban J connectivity index is 1.55. The molecule has 0 aliphatic heterocycles. The number of amides is 1. The van der Waals surface area contributed by atoms with Crippen LogP contribution in [0.2, 0.25) is 0 Å². The van der Waals surface area contributed by atoms with Gasteiger partial charge in [-0.1, -0.05) is 0 Å². The number of carbonyl (C=O) groups excluding carboxylic acids is 1. The molecule has 36 heavy (non-hydrogen) atoms. The summed E-state index contributed by atoms with van der Waals surface area (Å²) in [4.78, 5) is 28.8. The topological polar surface area (TPSA) is 138 Å². The Kier molecular flexibility index (Phi) is 6.11. The van der Waals surface area contributed by atoms with Crippen LogP contribution in [0.15, 0.2) is 55.0 Å². The Hall–Kier alpha value is -4.67. The second-order valence-electron chi connectivity index (χ2n) is 8.27. The number of rotatable bonds is 7. The highest BCUT2D eigenvalue weighted by Gasteiger charge is 2.26. The molecular weight excluding hydrogens is 458 g/mol. The molecule has 0 saturated heterocycles. The van der Waals surface area contributed by atoms with E-state index in [1.807, 2.05) is 27.0 Å². The quantitative estimate of drug-likeness (QED) is 0.370. The normalized spacial score (nSPS) is 12.1. The molecule has 0 fully saturated rings. The fraction of sp³-hybridized carbons (Fsp3) is 0.240. The number of fused-ring (bicyclic) bond motifs is 3. The minimum Gasteiger partial charge on any atom is -0.477 e. The number of hydrogen-bond acceptors (Lipinski definition) is 9. The van der Waals surface area contributed by atoms with Crippen molar-refractivity contribution in [3.8, 4) is 5.88 Å². The van der Waals surface area contributed by atoms with Crippen molar-refractivity contribution in [1.29, 1.82) is 0 Å². The molecule has 0 bridgehead atoms. The van der Waals surface area contributed by atoms with Crippen molar-refractivity contribution in [1.82, 2.24) is 39.8 Å². The van der Waals surface area contributed by atoms with Gasteiger partial charge in [0.15, 0.2) is 0 Å². The van der Waals surface area contributed by atoms with E-state index in [2.05, 4.69) is 30.2 Å². The number of carbonyl (C=O) groups is 1. The van der Waals surface area contributed by atoms with E-state index in [-0.39, 0.29) is 12.5 Å². The van der Waals surface area contributed by atoms with Gasteiger partial charge in [-0.05, 0) is 44.2 Å². The molecule has 11 heteroatoms. The van der Waals surface area contributed by atoms with Crippen molar-refractivity contribution in [2.75, 3.05) is 12.3 Å². The molecule has 182 valence electrons. The zero-order chi connectivity index (χ0) is 25.2. The summed E-state index contributed by atoms with van der Waals surface area (Å²) >= 11 is 0. The number of nitrogens with two attached hydrogens (primary N) is 1. The summed E-state index contributed by atoms with van der Waals surface area (Å²) in [6, 6.07) is 10.2. The standard InChI is InChI=1S/C25H25N9O2/c1-4-36-21-9-7-17(31-32-21)14-34(15(2)24-27-10-5-11-28-24)25(35)16-6-8-20-18(12-16)19-13-29-33(3)22(19)23(26)30-20/h5-13,15H,4,14H2,1-3H3,(H2,26,30). The molecule has 0 aliphatic rings. The molecule has 4 aromatic heterocycles. The van der Waals surface area contributed by atoms with Gasteiger partial charge in [0.1, 0.15) is 17.2 Å². The van der Waals surface area contributed by atoms with Gasteiger partial charge in [0, 0.05) is 41.8 Å². The molecular formula is C25H25N9O2. The van der Waals surface area contributed by atoms with Crippen LogP contribution in [0.1, 0.15) is 41.8 Å². The first-order valence-corrected chi connectivity index (χ1v) is 11.5. The predicted molar refractivity (Wildman–Crippen MR) is 134 cm³/mol. The van der Waals surface area contributed by atoms with Crippen LogP contribution in [0.4, 0.5) is 5.82 Å². The van der Waals surface area contributed by atoms with Gasteiger partial charge >= 0.3 is 0 Å². The van der Waals surface area contributed by atoms with E-state index in [0.717, 1.165) is 16.3 Å². The highest BCUT2D eigenvalue weighted by molar-refractivity contribution is 6.10. The first-order valence-electron chi connectivity index (χ1n) is 11.5. The summed E-state index contributed by atoms with van der Waals surface area (Å²) in [5.41, 5.74) is 8.66. The van der Waals surface area contributed by atoms with Gasteiger partial charge in [0.2, 0.25) is 5.88 Å². The smallest absolute Gasteiger partial charge is 0.254 e. The molecule has 0 spiro atoms. The first-order chi connectivity index (χ1) is 17.5. The molecule has 0 radical (unpaired) electrons. The van der Waals surface area contributed by atoms with Gasteiger partial charge in [-0.25, -0.2) is 15.0 Å².